The average molecular weight is 821 g/mol. The van der Waals surface area contributed by atoms with Crippen molar-refractivity contribution in [1.82, 2.24) is 19.5 Å². The van der Waals surface area contributed by atoms with Gasteiger partial charge in [-0.3, -0.25) is 0 Å². The van der Waals surface area contributed by atoms with Crippen LogP contribution in [0.25, 0.3) is 83.9 Å². The third kappa shape index (κ3) is 5.40. The molecule has 0 amide bonds. The summed E-state index contributed by atoms with van der Waals surface area (Å²) in [4.78, 5) is 18.8. The highest BCUT2D eigenvalue weighted by Gasteiger charge is 2.51. The van der Waals surface area contributed by atoms with Gasteiger partial charge in [-0.2, -0.15) is 0 Å². The summed E-state index contributed by atoms with van der Waals surface area (Å²) in [5.41, 5.74) is 15.3. The maximum absolute atomic E-state index is 5.51. The van der Waals surface area contributed by atoms with Crippen LogP contribution in [-0.4, -0.2) is 19.5 Å². The van der Waals surface area contributed by atoms with E-state index in [1.165, 1.54) is 59.5 Å². The van der Waals surface area contributed by atoms with Gasteiger partial charge in [-0.25, -0.2) is 15.0 Å². The van der Waals surface area contributed by atoms with Crippen LogP contribution in [0.4, 0.5) is 0 Å². The predicted octanol–water partition coefficient (Wildman–Crippen LogP) is 14.5. The molecule has 1 aliphatic carbocycles. The quantitative estimate of drug-likeness (QED) is 0.173. The van der Waals surface area contributed by atoms with Crippen molar-refractivity contribution in [3.63, 3.8) is 0 Å². The Morgan fingerprint density at radius 2 is 0.841 bits per heavy atom. The van der Waals surface area contributed by atoms with Crippen molar-refractivity contribution in [1.29, 1.82) is 0 Å². The number of fused-ring (bicyclic) bond motifs is 12. The molecule has 1 spiro atoms. The maximum atomic E-state index is 5.51. The second-order valence-corrected chi connectivity index (χ2v) is 17.4. The largest absolute Gasteiger partial charge is 0.309 e. The first kappa shape index (κ1) is 35.9. The molecule has 0 unspecified atom stereocenters. The van der Waals surface area contributed by atoms with Gasteiger partial charge in [0.1, 0.15) is 0 Å². The molecule has 2 aliphatic rings. The van der Waals surface area contributed by atoms with Gasteiger partial charge >= 0.3 is 0 Å². The number of benzene rings is 9. The molecule has 0 radical (unpaired) electrons. The molecule has 0 bridgehead atoms. The monoisotopic (exact) mass is 820 g/mol. The lowest BCUT2D eigenvalue weighted by Crippen LogP contribution is -2.32. The SMILES string of the molecule is c1ccc(-c2ccc(-c3nc(-c4cccc(-n5c6ccccc6c6ccccc65)c4)nc(-c4cccc5c4C4(c6ccccc6Sc6ccccc64)c4ccccc4-5)n3)cc2)cc1. The summed E-state index contributed by atoms with van der Waals surface area (Å²) in [6.07, 6.45) is 0. The first-order valence-corrected chi connectivity index (χ1v) is 22.2. The van der Waals surface area contributed by atoms with E-state index in [0.717, 1.165) is 39.0 Å². The Kier molecular flexibility index (Phi) is 8.02. The van der Waals surface area contributed by atoms with E-state index in [4.69, 9.17) is 15.0 Å². The molecule has 5 heteroatoms. The molecule has 63 heavy (non-hydrogen) atoms. The lowest BCUT2D eigenvalue weighted by molar-refractivity contribution is 0.723. The lowest BCUT2D eigenvalue weighted by atomic mass is 9.66. The summed E-state index contributed by atoms with van der Waals surface area (Å²) < 4.78 is 2.35. The standard InChI is InChI=1S/C58H36N4S/c1-2-16-37(17-3-1)38-32-34-39(35-33-38)55-59-56(40-18-14-19-41(36-40)62-50-28-10-5-21-43(50)44-22-6-11-29-51(44)62)61-57(60-55)46-24-15-23-45-42-20-4-7-25-47(42)58(54(45)46)48-26-8-12-30-52(48)63-53-31-13-9-27-49(53)58/h1-36H. The highest BCUT2D eigenvalue weighted by molar-refractivity contribution is 7.99. The fourth-order valence-electron chi connectivity index (χ4n) is 10.3. The number of rotatable bonds is 5. The van der Waals surface area contributed by atoms with Gasteiger partial charge in [-0.15, -0.1) is 0 Å². The van der Waals surface area contributed by atoms with Crippen LogP contribution in [0.2, 0.25) is 0 Å². The Balaban J connectivity index is 1.07. The van der Waals surface area contributed by atoms with Crippen molar-refractivity contribution in [3.05, 3.63) is 241 Å². The van der Waals surface area contributed by atoms with Gasteiger partial charge in [0.05, 0.1) is 16.4 Å². The van der Waals surface area contributed by atoms with Crippen molar-refractivity contribution < 1.29 is 0 Å². The summed E-state index contributed by atoms with van der Waals surface area (Å²) in [7, 11) is 0. The zero-order valence-corrected chi connectivity index (χ0v) is 34.8. The van der Waals surface area contributed by atoms with Crippen LogP contribution in [0.1, 0.15) is 22.3 Å². The van der Waals surface area contributed by atoms with Crippen LogP contribution in [0.15, 0.2) is 228 Å². The summed E-state index contributed by atoms with van der Waals surface area (Å²) in [5.74, 6) is 1.88. The molecule has 4 nitrogen and oxygen atoms in total. The van der Waals surface area contributed by atoms with Crippen molar-refractivity contribution in [2.75, 3.05) is 0 Å². The van der Waals surface area contributed by atoms with Gasteiger partial charge in [0, 0.05) is 42.9 Å². The predicted molar refractivity (Wildman–Crippen MR) is 257 cm³/mol. The minimum Gasteiger partial charge on any atom is -0.309 e. The number of hydrogen-bond donors (Lipinski definition) is 0. The topological polar surface area (TPSA) is 43.6 Å². The first-order chi connectivity index (χ1) is 31.2. The van der Waals surface area contributed by atoms with E-state index in [1.807, 2.05) is 17.8 Å². The minimum atomic E-state index is -0.596. The molecule has 1 aliphatic heterocycles. The molecule has 294 valence electrons. The van der Waals surface area contributed by atoms with Crippen LogP contribution in [0.5, 0.6) is 0 Å². The molecule has 0 N–H and O–H groups in total. The second kappa shape index (κ2) is 14.1. The van der Waals surface area contributed by atoms with Crippen LogP contribution >= 0.6 is 11.8 Å². The lowest BCUT2D eigenvalue weighted by Gasteiger charge is -2.40. The Morgan fingerprint density at radius 3 is 1.56 bits per heavy atom. The maximum Gasteiger partial charge on any atom is 0.164 e. The Bertz CT molecular complexity index is 3510. The van der Waals surface area contributed by atoms with Gasteiger partial charge in [-0.05, 0) is 80.9 Å². The molecule has 0 saturated heterocycles. The molecule has 9 aromatic carbocycles. The van der Waals surface area contributed by atoms with Gasteiger partial charge in [0.2, 0.25) is 0 Å². The van der Waals surface area contributed by atoms with E-state index >= 15 is 0 Å². The second-order valence-electron chi connectivity index (χ2n) is 16.3. The highest BCUT2D eigenvalue weighted by Crippen LogP contribution is 2.63. The van der Waals surface area contributed by atoms with Crippen LogP contribution in [0, 0.1) is 0 Å². The molecular weight excluding hydrogens is 785 g/mol. The Labute approximate surface area is 369 Å². The minimum absolute atomic E-state index is 0.596. The van der Waals surface area contributed by atoms with E-state index in [0.29, 0.717) is 17.5 Å². The molecule has 0 fully saturated rings. The number of hydrogen-bond acceptors (Lipinski definition) is 4. The normalized spacial score (nSPS) is 13.1. The van der Waals surface area contributed by atoms with E-state index in [9.17, 15) is 0 Å². The van der Waals surface area contributed by atoms with Crippen molar-refractivity contribution in [2.24, 2.45) is 0 Å². The van der Waals surface area contributed by atoms with Crippen LogP contribution < -0.4 is 0 Å². The van der Waals surface area contributed by atoms with E-state index in [2.05, 4.69) is 217 Å². The molecule has 0 atom stereocenters. The average Bonchev–Trinajstić information content (AvgIpc) is 3.85. The van der Waals surface area contributed by atoms with Crippen LogP contribution in [-0.2, 0) is 5.41 Å². The summed E-state index contributed by atoms with van der Waals surface area (Å²) >= 11 is 1.85. The third-order valence-electron chi connectivity index (χ3n) is 12.9. The zero-order chi connectivity index (χ0) is 41.5. The van der Waals surface area contributed by atoms with Gasteiger partial charge < -0.3 is 4.57 Å². The van der Waals surface area contributed by atoms with Crippen molar-refractivity contribution in [2.45, 2.75) is 15.2 Å². The van der Waals surface area contributed by atoms with E-state index < -0.39 is 5.41 Å². The van der Waals surface area contributed by atoms with Gasteiger partial charge in [0.25, 0.3) is 0 Å². The molecule has 3 heterocycles. The smallest absolute Gasteiger partial charge is 0.164 e. The summed E-state index contributed by atoms with van der Waals surface area (Å²) in [6, 6.07) is 78.4. The number of para-hydroxylation sites is 2. The highest BCUT2D eigenvalue weighted by atomic mass is 32.2. The molecule has 0 saturated carbocycles. The zero-order valence-electron chi connectivity index (χ0n) is 34.0. The van der Waals surface area contributed by atoms with Crippen molar-refractivity contribution in [3.8, 4) is 62.1 Å². The summed E-state index contributed by atoms with van der Waals surface area (Å²) in [6.45, 7) is 0. The number of aromatic nitrogens is 4. The third-order valence-corrected chi connectivity index (χ3v) is 14.1. The fraction of sp³-hybridized carbons (Fsp3) is 0.0172. The van der Waals surface area contributed by atoms with Gasteiger partial charge in [-0.1, -0.05) is 194 Å². The van der Waals surface area contributed by atoms with E-state index in [-0.39, 0.29) is 0 Å². The molecular formula is C58H36N4S. The molecule has 13 rings (SSSR count). The Morgan fingerprint density at radius 1 is 0.349 bits per heavy atom. The van der Waals surface area contributed by atoms with Gasteiger partial charge in [0.15, 0.2) is 17.5 Å². The number of nitrogens with zero attached hydrogens (tertiary/aromatic N) is 4. The van der Waals surface area contributed by atoms with Crippen LogP contribution in [0.3, 0.4) is 0 Å². The van der Waals surface area contributed by atoms with E-state index in [1.54, 1.807) is 0 Å². The fourth-order valence-corrected chi connectivity index (χ4v) is 11.5. The summed E-state index contributed by atoms with van der Waals surface area (Å²) in [5, 5.41) is 2.44. The Hall–Kier alpha value is -7.86. The first-order valence-electron chi connectivity index (χ1n) is 21.4. The van der Waals surface area contributed by atoms with Crippen molar-refractivity contribution >= 4 is 33.6 Å². The molecule has 11 aromatic rings. The molecule has 2 aromatic heterocycles.